The van der Waals surface area contributed by atoms with E-state index in [4.69, 9.17) is 0 Å². The second-order valence-corrected chi connectivity index (χ2v) is 7.80. The third-order valence-electron chi connectivity index (χ3n) is 4.06. The van der Waals surface area contributed by atoms with Crippen molar-refractivity contribution in [3.8, 4) is 0 Å². The fourth-order valence-electron chi connectivity index (χ4n) is 2.82. The van der Waals surface area contributed by atoms with Crippen molar-refractivity contribution in [3.05, 3.63) is 53.6 Å². The molecule has 1 aliphatic heterocycles. The quantitative estimate of drug-likeness (QED) is 0.893. The van der Waals surface area contributed by atoms with E-state index in [9.17, 15) is 13.2 Å². The van der Waals surface area contributed by atoms with Crippen LogP contribution in [0.1, 0.15) is 28.3 Å². The zero-order valence-electron chi connectivity index (χ0n) is 13.5. The first-order valence-corrected chi connectivity index (χ1v) is 9.61. The van der Waals surface area contributed by atoms with Gasteiger partial charge in [0.25, 0.3) is 5.91 Å². The number of sulfonamides is 1. The molecule has 0 saturated carbocycles. The smallest absolute Gasteiger partial charge is 0.268 e. The van der Waals surface area contributed by atoms with E-state index in [1.165, 1.54) is 10.6 Å². The van der Waals surface area contributed by atoms with E-state index in [0.717, 1.165) is 11.4 Å². The van der Waals surface area contributed by atoms with Crippen LogP contribution in [0.4, 0.5) is 0 Å². The summed E-state index contributed by atoms with van der Waals surface area (Å²) in [5.41, 5.74) is 2.17. The fraction of sp³-hybridized carbons (Fsp3) is 0.375. The van der Waals surface area contributed by atoms with E-state index in [1.807, 2.05) is 28.8 Å². The van der Waals surface area contributed by atoms with E-state index in [2.05, 4.69) is 10.3 Å². The van der Waals surface area contributed by atoms with Gasteiger partial charge in [0.2, 0.25) is 10.0 Å². The summed E-state index contributed by atoms with van der Waals surface area (Å²) in [7, 11) is -3.24. The maximum absolute atomic E-state index is 12.5. The second kappa shape index (κ2) is 6.74. The minimum atomic E-state index is -3.24. The maximum Gasteiger partial charge on any atom is 0.268 e. The minimum absolute atomic E-state index is 0.181. The van der Waals surface area contributed by atoms with Crippen molar-refractivity contribution in [1.82, 2.24) is 19.2 Å². The van der Waals surface area contributed by atoms with Crippen molar-refractivity contribution >= 4 is 15.9 Å². The lowest BCUT2D eigenvalue weighted by atomic mass is 10.3. The Morgan fingerprint density at radius 2 is 2.08 bits per heavy atom. The topological polar surface area (TPSA) is 84.3 Å². The molecule has 0 spiro atoms. The molecule has 0 fully saturated rings. The molecule has 3 heterocycles. The van der Waals surface area contributed by atoms with Crippen LogP contribution in [-0.4, -0.2) is 41.0 Å². The number of nitrogens with zero attached hydrogens (tertiary/aromatic N) is 3. The van der Waals surface area contributed by atoms with Gasteiger partial charge >= 0.3 is 0 Å². The molecule has 0 atom stereocenters. The first kappa shape index (κ1) is 16.7. The lowest BCUT2D eigenvalue weighted by Gasteiger charge is -2.16. The number of pyridine rings is 1. The molecule has 0 aliphatic carbocycles. The lowest BCUT2D eigenvalue weighted by molar-refractivity contribution is 0.0940. The minimum Gasteiger partial charge on any atom is -0.345 e. The number of hydrogen-bond acceptors (Lipinski definition) is 4. The third kappa shape index (κ3) is 3.65. The highest BCUT2D eigenvalue weighted by Crippen LogP contribution is 2.18. The van der Waals surface area contributed by atoms with Crippen LogP contribution in [0.25, 0.3) is 0 Å². The second-order valence-electron chi connectivity index (χ2n) is 5.82. The molecule has 2 aromatic heterocycles. The Kier molecular flexibility index (Phi) is 4.68. The number of nitrogens with one attached hydrogen (secondary N) is 1. The normalized spacial score (nSPS) is 15.5. The first-order valence-electron chi connectivity index (χ1n) is 7.77. The van der Waals surface area contributed by atoms with E-state index < -0.39 is 10.0 Å². The van der Waals surface area contributed by atoms with Crippen LogP contribution in [-0.2, 0) is 29.7 Å². The highest BCUT2D eigenvalue weighted by molar-refractivity contribution is 7.88. The first-order chi connectivity index (χ1) is 11.4. The SMILES string of the molecule is CS(=O)(=O)N1CCCn2c(ccc2C(=O)NCc2ccccn2)C1. The predicted octanol–water partition coefficient (Wildman–Crippen LogP) is 0.978. The standard InChI is InChI=1S/C16H20N4O3S/c1-24(22,23)19-9-4-10-20-14(12-19)6-7-15(20)16(21)18-11-13-5-2-3-8-17-13/h2-3,5-8H,4,9-12H2,1H3,(H,18,21). The molecule has 0 radical (unpaired) electrons. The summed E-state index contributed by atoms with van der Waals surface area (Å²) in [6, 6.07) is 9.11. The highest BCUT2D eigenvalue weighted by atomic mass is 32.2. The number of carbonyl (C=O) groups is 1. The summed E-state index contributed by atoms with van der Waals surface area (Å²) in [6.07, 6.45) is 3.58. The van der Waals surface area contributed by atoms with E-state index in [-0.39, 0.29) is 5.91 Å². The van der Waals surface area contributed by atoms with Gasteiger partial charge in [-0.25, -0.2) is 8.42 Å². The van der Waals surface area contributed by atoms with E-state index >= 15 is 0 Å². The molecule has 1 amide bonds. The Morgan fingerprint density at radius 1 is 1.25 bits per heavy atom. The van der Waals surface area contributed by atoms with Crippen LogP contribution in [0.2, 0.25) is 0 Å². The summed E-state index contributed by atoms with van der Waals surface area (Å²) in [4.78, 5) is 16.6. The van der Waals surface area contributed by atoms with Gasteiger partial charge in [-0.05, 0) is 30.7 Å². The zero-order valence-corrected chi connectivity index (χ0v) is 14.3. The average Bonchev–Trinajstić information content (AvgIpc) is 2.82. The number of carbonyl (C=O) groups excluding carboxylic acids is 1. The molecular formula is C16H20N4O3S. The Hall–Kier alpha value is -2.19. The van der Waals surface area contributed by atoms with Gasteiger partial charge in [-0.3, -0.25) is 9.78 Å². The van der Waals surface area contributed by atoms with E-state index in [0.29, 0.717) is 38.3 Å². The number of rotatable bonds is 4. The van der Waals surface area contributed by atoms with Gasteiger partial charge in [-0.15, -0.1) is 0 Å². The fourth-order valence-corrected chi connectivity index (χ4v) is 3.65. The van der Waals surface area contributed by atoms with Gasteiger partial charge in [0.15, 0.2) is 0 Å². The molecule has 0 aromatic carbocycles. The summed E-state index contributed by atoms with van der Waals surface area (Å²) in [5, 5.41) is 2.86. The Bertz CT molecular complexity index is 830. The number of fused-ring (bicyclic) bond motifs is 1. The van der Waals surface area contributed by atoms with Gasteiger partial charge in [0, 0.05) is 25.0 Å². The third-order valence-corrected chi connectivity index (χ3v) is 5.31. The number of amides is 1. The molecule has 2 aromatic rings. The molecule has 3 rings (SSSR count). The molecule has 128 valence electrons. The molecule has 0 saturated heterocycles. The van der Waals surface area contributed by atoms with Crippen LogP contribution < -0.4 is 5.32 Å². The molecule has 7 nitrogen and oxygen atoms in total. The average molecular weight is 348 g/mol. The summed E-state index contributed by atoms with van der Waals surface area (Å²) >= 11 is 0. The summed E-state index contributed by atoms with van der Waals surface area (Å²) in [6.45, 7) is 1.75. The van der Waals surface area contributed by atoms with Crippen molar-refractivity contribution < 1.29 is 13.2 Å². The number of aromatic nitrogens is 2. The zero-order chi connectivity index (χ0) is 17.2. The van der Waals surface area contributed by atoms with Crippen molar-refractivity contribution in [3.63, 3.8) is 0 Å². The Morgan fingerprint density at radius 3 is 2.79 bits per heavy atom. The van der Waals surface area contributed by atoms with Crippen molar-refractivity contribution in [1.29, 1.82) is 0 Å². The van der Waals surface area contributed by atoms with Crippen LogP contribution in [0.3, 0.4) is 0 Å². The van der Waals surface area contributed by atoms with Gasteiger partial charge in [0.05, 0.1) is 25.0 Å². The lowest BCUT2D eigenvalue weighted by Crippen LogP contribution is -2.29. The van der Waals surface area contributed by atoms with E-state index in [1.54, 1.807) is 12.3 Å². The van der Waals surface area contributed by atoms with Gasteiger partial charge in [-0.2, -0.15) is 4.31 Å². The monoisotopic (exact) mass is 348 g/mol. The van der Waals surface area contributed by atoms with Crippen molar-refractivity contribution in [2.45, 2.75) is 26.1 Å². The van der Waals surface area contributed by atoms with Crippen LogP contribution >= 0.6 is 0 Å². The Balaban J connectivity index is 1.74. The molecule has 8 heteroatoms. The molecular weight excluding hydrogens is 328 g/mol. The highest BCUT2D eigenvalue weighted by Gasteiger charge is 2.24. The molecule has 0 bridgehead atoms. The molecule has 0 unspecified atom stereocenters. The summed E-state index contributed by atoms with van der Waals surface area (Å²) in [5.74, 6) is -0.181. The predicted molar refractivity (Wildman–Crippen MR) is 89.7 cm³/mol. The Labute approximate surface area is 141 Å². The molecule has 24 heavy (non-hydrogen) atoms. The molecule has 1 aliphatic rings. The van der Waals surface area contributed by atoms with Gasteiger partial charge < -0.3 is 9.88 Å². The van der Waals surface area contributed by atoms with Crippen LogP contribution in [0.5, 0.6) is 0 Å². The summed E-state index contributed by atoms with van der Waals surface area (Å²) < 4.78 is 26.9. The van der Waals surface area contributed by atoms with Crippen molar-refractivity contribution in [2.75, 3.05) is 12.8 Å². The van der Waals surface area contributed by atoms with Gasteiger partial charge in [-0.1, -0.05) is 6.07 Å². The van der Waals surface area contributed by atoms with Crippen molar-refractivity contribution in [2.24, 2.45) is 0 Å². The maximum atomic E-state index is 12.5. The van der Waals surface area contributed by atoms with Crippen LogP contribution in [0.15, 0.2) is 36.5 Å². The largest absolute Gasteiger partial charge is 0.345 e. The van der Waals surface area contributed by atoms with Gasteiger partial charge in [0.1, 0.15) is 5.69 Å². The number of hydrogen-bond donors (Lipinski definition) is 1. The van der Waals surface area contributed by atoms with Crippen LogP contribution in [0, 0.1) is 0 Å². The molecule has 1 N–H and O–H groups in total.